The molecule has 1 aliphatic rings. The van der Waals surface area contributed by atoms with Crippen LogP contribution in [0.3, 0.4) is 0 Å². The fourth-order valence-electron chi connectivity index (χ4n) is 2.72. The van der Waals surface area contributed by atoms with Crippen LogP contribution < -0.4 is 15.0 Å². The average Bonchev–Trinajstić information content (AvgIpc) is 2.97. The van der Waals surface area contributed by atoms with Gasteiger partial charge in [-0.25, -0.2) is 0 Å². The van der Waals surface area contributed by atoms with Gasteiger partial charge in [0.15, 0.2) is 0 Å². The molecule has 2 amide bonds. The Morgan fingerprint density at radius 3 is 2.79 bits per heavy atom. The van der Waals surface area contributed by atoms with Gasteiger partial charge in [0.25, 0.3) is 0 Å². The lowest BCUT2D eigenvalue weighted by Crippen LogP contribution is -2.28. The molecule has 0 unspecified atom stereocenters. The van der Waals surface area contributed by atoms with Gasteiger partial charge < -0.3 is 15.0 Å². The topological polar surface area (TPSA) is 58.6 Å². The monoisotopic (exact) mass is 344 g/mol. The molecule has 0 radical (unpaired) electrons. The third-order valence-electron chi connectivity index (χ3n) is 3.95. The van der Waals surface area contributed by atoms with Crippen molar-refractivity contribution < 1.29 is 14.3 Å². The molecule has 1 fully saturated rings. The summed E-state index contributed by atoms with van der Waals surface area (Å²) in [5.74, 6) is 0.0142. The van der Waals surface area contributed by atoms with Gasteiger partial charge in [-0.05, 0) is 30.3 Å². The standard InChI is InChI=1S/C18H17ClN2O3/c1-24-16-7-3-6-15(10-16)21-11-12(8-17(21)22)18(23)20-14-5-2-4-13(19)9-14/h2-7,9-10,12H,8,11H2,1H3,(H,20,23)/t12-/m0/s1. The van der Waals surface area contributed by atoms with E-state index in [9.17, 15) is 9.59 Å². The number of carbonyl (C=O) groups is 2. The summed E-state index contributed by atoms with van der Waals surface area (Å²) >= 11 is 5.92. The van der Waals surface area contributed by atoms with E-state index in [0.29, 0.717) is 23.0 Å². The van der Waals surface area contributed by atoms with Crippen molar-refractivity contribution in [2.24, 2.45) is 5.92 Å². The van der Waals surface area contributed by atoms with Crippen molar-refractivity contribution >= 4 is 34.8 Å². The fraction of sp³-hybridized carbons (Fsp3) is 0.222. The van der Waals surface area contributed by atoms with Crippen LogP contribution in [0.2, 0.25) is 5.02 Å². The zero-order chi connectivity index (χ0) is 17.1. The van der Waals surface area contributed by atoms with E-state index in [1.54, 1.807) is 42.3 Å². The van der Waals surface area contributed by atoms with Gasteiger partial charge in [0.1, 0.15) is 5.75 Å². The van der Waals surface area contributed by atoms with E-state index in [1.807, 2.05) is 18.2 Å². The number of nitrogens with zero attached hydrogens (tertiary/aromatic N) is 1. The van der Waals surface area contributed by atoms with Crippen LogP contribution in [0.5, 0.6) is 5.75 Å². The fourth-order valence-corrected chi connectivity index (χ4v) is 2.91. The first kappa shape index (κ1) is 16.3. The second-order valence-corrected chi connectivity index (χ2v) is 6.04. The van der Waals surface area contributed by atoms with Gasteiger partial charge in [0, 0.05) is 35.4 Å². The number of ether oxygens (including phenoxy) is 1. The summed E-state index contributed by atoms with van der Waals surface area (Å²) in [6.07, 6.45) is 0.184. The van der Waals surface area contributed by atoms with Crippen molar-refractivity contribution in [3.05, 3.63) is 53.6 Å². The van der Waals surface area contributed by atoms with E-state index in [1.165, 1.54) is 0 Å². The molecule has 1 aliphatic heterocycles. The van der Waals surface area contributed by atoms with Crippen molar-refractivity contribution in [1.82, 2.24) is 0 Å². The molecule has 24 heavy (non-hydrogen) atoms. The third kappa shape index (κ3) is 3.51. The highest BCUT2D eigenvalue weighted by Gasteiger charge is 2.35. The zero-order valence-electron chi connectivity index (χ0n) is 13.2. The van der Waals surface area contributed by atoms with Gasteiger partial charge in [-0.3, -0.25) is 9.59 Å². The minimum atomic E-state index is -0.400. The number of rotatable bonds is 4. The van der Waals surface area contributed by atoms with E-state index < -0.39 is 5.92 Å². The highest BCUT2D eigenvalue weighted by atomic mass is 35.5. The van der Waals surface area contributed by atoms with Crippen LogP contribution in [0, 0.1) is 5.92 Å². The quantitative estimate of drug-likeness (QED) is 0.925. The number of hydrogen-bond acceptors (Lipinski definition) is 3. The maximum Gasteiger partial charge on any atom is 0.229 e. The Morgan fingerprint density at radius 1 is 1.25 bits per heavy atom. The third-order valence-corrected chi connectivity index (χ3v) is 4.19. The number of carbonyl (C=O) groups excluding carboxylic acids is 2. The molecule has 1 N–H and O–H groups in total. The lowest BCUT2D eigenvalue weighted by molar-refractivity contribution is -0.122. The molecular weight excluding hydrogens is 328 g/mol. The summed E-state index contributed by atoms with van der Waals surface area (Å²) in [5.41, 5.74) is 1.36. The maximum atomic E-state index is 12.4. The van der Waals surface area contributed by atoms with Gasteiger partial charge in [-0.15, -0.1) is 0 Å². The van der Waals surface area contributed by atoms with E-state index >= 15 is 0 Å². The number of nitrogens with one attached hydrogen (secondary N) is 1. The van der Waals surface area contributed by atoms with Gasteiger partial charge >= 0.3 is 0 Å². The van der Waals surface area contributed by atoms with E-state index in [4.69, 9.17) is 16.3 Å². The molecule has 1 atom stereocenters. The van der Waals surface area contributed by atoms with Crippen LogP contribution in [0.15, 0.2) is 48.5 Å². The van der Waals surface area contributed by atoms with Crippen LogP contribution in [0.1, 0.15) is 6.42 Å². The van der Waals surface area contributed by atoms with Crippen molar-refractivity contribution in [2.45, 2.75) is 6.42 Å². The number of amides is 2. The number of halogens is 1. The number of anilines is 2. The number of methoxy groups -OCH3 is 1. The van der Waals surface area contributed by atoms with Gasteiger partial charge in [0.05, 0.1) is 13.0 Å². The van der Waals surface area contributed by atoms with E-state index in [0.717, 1.165) is 5.69 Å². The van der Waals surface area contributed by atoms with Crippen LogP contribution in [-0.4, -0.2) is 25.5 Å². The van der Waals surface area contributed by atoms with Gasteiger partial charge in [-0.1, -0.05) is 23.7 Å². The van der Waals surface area contributed by atoms with Crippen molar-refractivity contribution in [3.8, 4) is 5.75 Å². The summed E-state index contributed by atoms with van der Waals surface area (Å²) in [5, 5.41) is 3.36. The lowest BCUT2D eigenvalue weighted by atomic mass is 10.1. The number of hydrogen-bond donors (Lipinski definition) is 1. The van der Waals surface area contributed by atoms with Crippen LogP contribution >= 0.6 is 11.6 Å². The molecule has 2 aromatic rings. The normalized spacial score (nSPS) is 17.0. The molecule has 0 aromatic heterocycles. The highest BCUT2D eigenvalue weighted by Crippen LogP contribution is 2.28. The van der Waals surface area contributed by atoms with Gasteiger partial charge in [-0.2, -0.15) is 0 Å². The van der Waals surface area contributed by atoms with Crippen molar-refractivity contribution in [2.75, 3.05) is 23.9 Å². The second kappa shape index (κ2) is 6.93. The van der Waals surface area contributed by atoms with Gasteiger partial charge in [0.2, 0.25) is 11.8 Å². The first-order valence-corrected chi connectivity index (χ1v) is 7.95. The van der Waals surface area contributed by atoms with Crippen molar-refractivity contribution in [1.29, 1.82) is 0 Å². The Labute approximate surface area is 145 Å². The van der Waals surface area contributed by atoms with E-state index in [2.05, 4.69) is 5.32 Å². The predicted molar refractivity (Wildman–Crippen MR) is 93.5 cm³/mol. The summed E-state index contributed by atoms with van der Waals surface area (Å²) in [4.78, 5) is 26.3. The molecule has 124 valence electrons. The van der Waals surface area contributed by atoms with Crippen LogP contribution in [0.4, 0.5) is 11.4 Å². The molecule has 0 saturated carbocycles. The van der Waals surface area contributed by atoms with E-state index in [-0.39, 0.29) is 18.2 Å². The summed E-state index contributed by atoms with van der Waals surface area (Å²) in [6, 6.07) is 14.2. The first-order chi connectivity index (χ1) is 11.6. The summed E-state index contributed by atoms with van der Waals surface area (Å²) in [7, 11) is 1.58. The predicted octanol–water partition coefficient (Wildman–Crippen LogP) is 3.34. The molecule has 1 saturated heterocycles. The Hall–Kier alpha value is -2.53. The molecule has 5 nitrogen and oxygen atoms in total. The minimum Gasteiger partial charge on any atom is -0.497 e. The van der Waals surface area contributed by atoms with Crippen LogP contribution in [-0.2, 0) is 9.59 Å². The number of benzene rings is 2. The van der Waals surface area contributed by atoms with Crippen molar-refractivity contribution in [3.63, 3.8) is 0 Å². The second-order valence-electron chi connectivity index (χ2n) is 5.61. The molecule has 0 aliphatic carbocycles. The average molecular weight is 345 g/mol. The Balaban J connectivity index is 1.70. The molecule has 0 spiro atoms. The maximum absolute atomic E-state index is 12.4. The molecule has 0 bridgehead atoms. The Morgan fingerprint density at radius 2 is 2.04 bits per heavy atom. The Kier molecular flexibility index (Phi) is 4.71. The largest absolute Gasteiger partial charge is 0.497 e. The molecule has 2 aromatic carbocycles. The molecule has 1 heterocycles. The Bertz CT molecular complexity index is 778. The zero-order valence-corrected chi connectivity index (χ0v) is 13.9. The van der Waals surface area contributed by atoms with Crippen LogP contribution in [0.25, 0.3) is 0 Å². The molecular formula is C18H17ClN2O3. The summed E-state index contributed by atoms with van der Waals surface area (Å²) in [6.45, 7) is 0.346. The smallest absolute Gasteiger partial charge is 0.229 e. The highest BCUT2D eigenvalue weighted by molar-refractivity contribution is 6.30. The SMILES string of the molecule is COc1cccc(N2C[C@@H](C(=O)Nc3cccc(Cl)c3)CC2=O)c1. The molecule has 6 heteroatoms. The summed E-state index contributed by atoms with van der Waals surface area (Å²) < 4.78 is 5.18. The first-order valence-electron chi connectivity index (χ1n) is 7.57. The molecule has 3 rings (SSSR count). The minimum absolute atomic E-state index is 0.0745. The lowest BCUT2D eigenvalue weighted by Gasteiger charge is -2.17.